The van der Waals surface area contributed by atoms with Crippen LogP contribution < -0.4 is 0 Å². The van der Waals surface area contributed by atoms with Gasteiger partial charge in [-0.2, -0.15) is 0 Å². The molecule has 0 unspecified atom stereocenters. The Morgan fingerprint density at radius 2 is 1.48 bits per heavy atom. The van der Waals surface area contributed by atoms with E-state index in [4.69, 9.17) is 4.74 Å². The molecule has 0 N–H and O–H groups in total. The Kier molecular flexibility index (Phi) is 6.17. The standard InChI is InChI=1S/C23H29FN2O/c24-22-8-6-21(7-9-22)23(20-4-2-1-3-5-20)26-12-10-19(11-13-26)18-25-14-16-27-17-15-25/h1-9,19,23H,10-18H2/t23-/m0/s1. The van der Waals surface area contributed by atoms with E-state index in [1.54, 1.807) is 12.1 Å². The Morgan fingerprint density at radius 1 is 0.852 bits per heavy atom. The average molecular weight is 368 g/mol. The molecule has 1 atom stereocenters. The lowest BCUT2D eigenvalue weighted by Crippen LogP contribution is -2.43. The Morgan fingerprint density at radius 3 is 2.15 bits per heavy atom. The van der Waals surface area contributed by atoms with E-state index in [0.29, 0.717) is 0 Å². The van der Waals surface area contributed by atoms with Crippen LogP contribution in [0.15, 0.2) is 54.6 Å². The molecular weight excluding hydrogens is 339 g/mol. The van der Waals surface area contributed by atoms with Crippen LogP contribution in [0.3, 0.4) is 0 Å². The van der Waals surface area contributed by atoms with Gasteiger partial charge in [0.15, 0.2) is 0 Å². The number of halogens is 1. The molecule has 3 nitrogen and oxygen atoms in total. The van der Waals surface area contributed by atoms with Gasteiger partial charge in [-0.25, -0.2) is 4.39 Å². The molecule has 2 aromatic carbocycles. The van der Waals surface area contributed by atoms with Crippen molar-refractivity contribution in [3.63, 3.8) is 0 Å². The van der Waals surface area contributed by atoms with Gasteiger partial charge in [0.25, 0.3) is 0 Å². The van der Waals surface area contributed by atoms with E-state index in [-0.39, 0.29) is 11.9 Å². The van der Waals surface area contributed by atoms with Gasteiger partial charge in [-0.1, -0.05) is 42.5 Å². The van der Waals surface area contributed by atoms with Crippen LogP contribution in [0.5, 0.6) is 0 Å². The van der Waals surface area contributed by atoms with Crippen LogP contribution in [0.1, 0.15) is 30.0 Å². The number of ether oxygens (including phenoxy) is 1. The van der Waals surface area contributed by atoms with Crippen molar-refractivity contribution in [3.8, 4) is 0 Å². The molecule has 2 saturated heterocycles. The van der Waals surface area contributed by atoms with E-state index in [0.717, 1.165) is 45.3 Å². The second kappa shape index (κ2) is 8.96. The molecule has 4 heteroatoms. The summed E-state index contributed by atoms with van der Waals surface area (Å²) in [6.45, 7) is 7.27. The summed E-state index contributed by atoms with van der Waals surface area (Å²) in [6.07, 6.45) is 2.45. The SMILES string of the molecule is Fc1ccc([C@H](c2ccccc2)N2CCC(CN3CCOCC3)CC2)cc1. The maximum atomic E-state index is 13.4. The summed E-state index contributed by atoms with van der Waals surface area (Å²) in [6, 6.07) is 17.9. The average Bonchev–Trinajstić information content (AvgIpc) is 2.73. The van der Waals surface area contributed by atoms with Gasteiger partial charge in [0.1, 0.15) is 5.82 Å². The lowest BCUT2D eigenvalue weighted by atomic mass is 9.91. The number of hydrogen-bond donors (Lipinski definition) is 0. The first-order valence-corrected chi connectivity index (χ1v) is 10.1. The van der Waals surface area contributed by atoms with Gasteiger partial charge in [-0.15, -0.1) is 0 Å². The van der Waals surface area contributed by atoms with Crippen LogP contribution in [0.2, 0.25) is 0 Å². The van der Waals surface area contributed by atoms with E-state index in [2.05, 4.69) is 40.1 Å². The molecule has 0 radical (unpaired) electrons. The highest BCUT2D eigenvalue weighted by Crippen LogP contribution is 2.32. The summed E-state index contributed by atoms with van der Waals surface area (Å²) in [7, 11) is 0. The zero-order chi connectivity index (χ0) is 18.5. The van der Waals surface area contributed by atoms with E-state index in [1.165, 1.54) is 30.5 Å². The second-order valence-electron chi connectivity index (χ2n) is 7.76. The number of nitrogens with zero attached hydrogens (tertiary/aromatic N) is 2. The number of rotatable bonds is 5. The molecule has 0 aromatic heterocycles. The van der Waals surface area contributed by atoms with Gasteiger partial charge < -0.3 is 4.74 Å². The number of piperidine rings is 1. The largest absolute Gasteiger partial charge is 0.379 e. The lowest BCUT2D eigenvalue weighted by Gasteiger charge is -2.40. The van der Waals surface area contributed by atoms with Gasteiger partial charge in [0.2, 0.25) is 0 Å². The highest BCUT2D eigenvalue weighted by atomic mass is 19.1. The summed E-state index contributed by atoms with van der Waals surface area (Å²) in [4.78, 5) is 5.12. The van der Waals surface area contributed by atoms with E-state index >= 15 is 0 Å². The molecule has 4 rings (SSSR count). The van der Waals surface area contributed by atoms with E-state index in [9.17, 15) is 4.39 Å². The summed E-state index contributed by atoms with van der Waals surface area (Å²) < 4.78 is 18.9. The summed E-state index contributed by atoms with van der Waals surface area (Å²) in [5.74, 6) is 0.596. The minimum absolute atomic E-state index is 0.171. The zero-order valence-electron chi connectivity index (χ0n) is 15.9. The minimum Gasteiger partial charge on any atom is -0.379 e. The topological polar surface area (TPSA) is 15.7 Å². The maximum Gasteiger partial charge on any atom is 0.123 e. The Balaban J connectivity index is 1.44. The third-order valence-electron chi connectivity index (χ3n) is 5.94. The predicted molar refractivity (Wildman–Crippen MR) is 106 cm³/mol. The van der Waals surface area contributed by atoms with Crippen LogP contribution in [-0.4, -0.2) is 55.7 Å². The highest BCUT2D eigenvalue weighted by molar-refractivity contribution is 5.32. The highest BCUT2D eigenvalue weighted by Gasteiger charge is 2.28. The van der Waals surface area contributed by atoms with Crippen LogP contribution in [-0.2, 0) is 4.74 Å². The van der Waals surface area contributed by atoms with Gasteiger partial charge in [0.05, 0.1) is 19.3 Å². The fourth-order valence-corrected chi connectivity index (χ4v) is 4.44. The molecule has 2 aliphatic rings. The van der Waals surface area contributed by atoms with Crippen molar-refractivity contribution >= 4 is 0 Å². The van der Waals surface area contributed by atoms with Gasteiger partial charge in [0, 0.05) is 19.6 Å². The number of likely N-dealkylation sites (tertiary alicyclic amines) is 1. The lowest BCUT2D eigenvalue weighted by molar-refractivity contribution is 0.0231. The molecule has 0 spiro atoms. The van der Waals surface area contributed by atoms with Crippen molar-refractivity contribution in [1.82, 2.24) is 9.80 Å². The molecule has 2 heterocycles. The zero-order valence-corrected chi connectivity index (χ0v) is 15.9. The molecule has 144 valence electrons. The fourth-order valence-electron chi connectivity index (χ4n) is 4.44. The number of benzene rings is 2. The van der Waals surface area contributed by atoms with Crippen molar-refractivity contribution in [2.45, 2.75) is 18.9 Å². The van der Waals surface area contributed by atoms with Crippen molar-refractivity contribution in [2.24, 2.45) is 5.92 Å². The number of hydrogen-bond acceptors (Lipinski definition) is 3. The summed E-state index contributed by atoms with van der Waals surface area (Å²) in [5.41, 5.74) is 2.46. The molecule has 0 amide bonds. The summed E-state index contributed by atoms with van der Waals surface area (Å²) in [5, 5.41) is 0. The molecule has 27 heavy (non-hydrogen) atoms. The molecule has 0 bridgehead atoms. The third-order valence-corrected chi connectivity index (χ3v) is 5.94. The Hall–Kier alpha value is -1.75. The normalized spacial score (nSPS) is 21.2. The first-order chi connectivity index (χ1) is 13.3. The fraction of sp³-hybridized carbons (Fsp3) is 0.478. The molecule has 2 aliphatic heterocycles. The molecule has 2 aromatic rings. The Labute approximate surface area is 161 Å². The van der Waals surface area contributed by atoms with E-state index in [1.807, 2.05) is 12.1 Å². The van der Waals surface area contributed by atoms with Crippen LogP contribution in [0.25, 0.3) is 0 Å². The maximum absolute atomic E-state index is 13.4. The van der Waals surface area contributed by atoms with Gasteiger partial charge in [-0.3, -0.25) is 9.80 Å². The minimum atomic E-state index is -0.171. The van der Waals surface area contributed by atoms with Crippen LogP contribution >= 0.6 is 0 Å². The first kappa shape index (κ1) is 18.6. The first-order valence-electron chi connectivity index (χ1n) is 10.1. The second-order valence-corrected chi connectivity index (χ2v) is 7.76. The molecule has 2 fully saturated rings. The molecule has 0 saturated carbocycles. The summed E-state index contributed by atoms with van der Waals surface area (Å²) >= 11 is 0. The third kappa shape index (κ3) is 4.75. The van der Waals surface area contributed by atoms with Crippen LogP contribution in [0.4, 0.5) is 4.39 Å². The number of morpholine rings is 1. The van der Waals surface area contributed by atoms with Crippen molar-refractivity contribution in [3.05, 3.63) is 71.5 Å². The van der Waals surface area contributed by atoms with Crippen LogP contribution in [0, 0.1) is 11.7 Å². The van der Waals surface area contributed by atoms with Crippen molar-refractivity contribution < 1.29 is 9.13 Å². The van der Waals surface area contributed by atoms with Gasteiger partial charge in [-0.05, 0) is 55.1 Å². The van der Waals surface area contributed by atoms with E-state index < -0.39 is 0 Å². The van der Waals surface area contributed by atoms with Gasteiger partial charge >= 0.3 is 0 Å². The molecular formula is C23H29FN2O. The van der Waals surface area contributed by atoms with Crippen molar-refractivity contribution in [2.75, 3.05) is 45.9 Å². The monoisotopic (exact) mass is 368 g/mol. The Bertz CT molecular complexity index is 692. The van der Waals surface area contributed by atoms with Crippen molar-refractivity contribution in [1.29, 1.82) is 0 Å². The smallest absolute Gasteiger partial charge is 0.123 e. The molecule has 0 aliphatic carbocycles. The predicted octanol–water partition coefficient (Wildman–Crippen LogP) is 3.96. The quantitative estimate of drug-likeness (QED) is 0.795.